The summed E-state index contributed by atoms with van der Waals surface area (Å²) in [6.07, 6.45) is 2.27. The van der Waals surface area contributed by atoms with E-state index in [-0.39, 0.29) is 5.92 Å². The number of carboxylic acid groups (broad SMARTS) is 1. The number of benzene rings is 1. The van der Waals surface area contributed by atoms with Crippen LogP contribution in [0.4, 0.5) is 0 Å². The summed E-state index contributed by atoms with van der Waals surface area (Å²) in [5.41, 5.74) is 6.80. The van der Waals surface area contributed by atoms with E-state index in [0.717, 1.165) is 6.42 Å². The molecule has 1 heterocycles. The Balaban J connectivity index is 1.96. The highest BCUT2D eigenvalue weighted by Crippen LogP contribution is 2.39. The van der Waals surface area contributed by atoms with Gasteiger partial charge in [0.1, 0.15) is 0 Å². The Hall–Kier alpha value is -1.00. The number of fused-ring (bicyclic) bond motifs is 1. The number of carboxylic acids is 1. The molecule has 0 aromatic heterocycles. The van der Waals surface area contributed by atoms with Gasteiger partial charge in [-0.1, -0.05) is 18.2 Å². The Kier molecular flexibility index (Phi) is 4.07. The van der Waals surface area contributed by atoms with Crippen molar-refractivity contribution in [2.45, 2.75) is 29.4 Å². The molecule has 0 bridgehead atoms. The first-order valence-corrected chi connectivity index (χ1v) is 6.76. The molecule has 4 heteroatoms. The number of nitrogens with two attached hydrogens (primary N) is 1. The fraction of sp³-hybridized carbons (Fsp3) is 0.462. The molecule has 1 aromatic carbocycles. The van der Waals surface area contributed by atoms with Crippen molar-refractivity contribution in [3.8, 4) is 0 Å². The minimum Gasteiger partial charge on any atom is -0.481 e. The second kappa shape index (κ2) is 5.56. The summed E-state index contributed by atoms with van der Waals surface area (Å²) >= 11 is 1.80. The molecule has 0 saturated carbocycles. The second-order valence-electron chi connectivity index (χ2n) is 4.40. The second-order valence-corrected chi connectivity index (χ2v) is 5.74. The Morgan fingerprint density at radius 2 is 2.29 bits per heavy atom. The molecule has 1 aromatic rings. The maximum absolute atomic E-state index is 11.1. The average molecular weight is 251 g/mol. The Morgan fingerprint density at radius 1 is 1.53 bits per heavy atom. The maximum Gasteiger partial charge on any atom is 0.306 e. The molecule has 17 heavy (non-hydrogen) atoms. The number of hydrogen-bond acceptors (Lipinski definition) is 3. The summed E-state index contributed by atoms with van der Waals surface area (Å²) in [5.74, 6) is -1.01. The van der Waals surface area contributed by atoms with E-state index in [1.54, 1.807) is 11.8 Å². The zero-order chi connectivity index (χ0) is 12.3. The first-order chi connectivity index (χ1) is 8.20. The van der Waals surface area contributed by atoms with E-state index in [2.05, 4.69) is 12.1 Å². The molecule has 2 rings (SSSR count). The topological polar surface area (TPSA) is 63.3 Å². The van der Waals surface area contributed by atoms with Crippen LogP contribution in [0.15, 0.2) is 29.2 Å². The molecule has 0 spiro atoms. The van der Waals surface area contributed by atoms with Gasteiger partial charge in [-0.15, -0.1) is 11.8 Å². The van der Waals surface area contributed by atoms with Gasteiger partial charge in [-0.25, -0.2) is 0 Å². The third kappa shape index (κ3) is 3.01. The monoisotopic (exact) mass is 251 g/mol. The largest absolute Gasteiger partial charge is 0.481 e. The van der Waals surface area contributed by atoms with E-state index < -0.39 is 5.97 Å². The van der Waals surface area contributed by atoms with E-state index >= 15 is 0 Å². The summed E-state index contributed by atoms with van der Waals surface area (Å²) in [4.78, 5) is 12.4. The zero-order valence-electron chi connectivity index (χ0n) is 9.63. The van der Waals surface area contributed by atoms with E-state index in [4.69, 9.17) is 10.8 Å². The lowest BCUT2D eigenvalue weighted by Crippen LogP contribution is -2.22. The maximum atomic E-state index is 11.1. The fourth-order valence-corrected chi connectivity index (χ4v) is 3.66. The van der Waals surface area contributed by atoms with Crippen molar-refractivity contribution in [1.29, 1.82) is 0 Å². The number of rotatable bonds is 5. The number of hydrogen-bond donors (Lipinski definition) is 2. The van der Waals surface area contributed by atoms with Crippen LogP contribution >= 0.6 is 11.8 Å². The van der Waals surface area contributed by atoms with Crippen LogP contribution < -0.4 is 5.73 Å². The summed E-state index contributed by atoms with van der Waals surface area (Å²) in [5, 5.41) is 9.51. The van der Waals surface area contributed by atoms with Crippen LogP contribution in [-0.2, 0) is 11.2 Å². The molecule has 2 atom stereocenters. The molecule has 1 aliphatic heterocycles. The Labute approximate surface area is 105 Å². The standard InChI is InChI=1S/C13H17NO2S/c14-6-5-10(13(15)16)8-11-7-9-3-1-2-4-12(9)17-11/h1-4,10-11H,5-8,14H2,(H,15,16). The lowest BCUT2D eigenvalue weighted by molar-refractivity contribution is -0.142. The highest BCUT2D eigenvalue weighted by molar-refractivity contribution is 8.00. The van der Waals surface area contributed by atoms with Crippen molar-refractivity contribution in [2.24, 2.45) is 11.7 Å². The lowest BCUT2D eigenvalue weighted by Gasteiger charge is -2.15. The van der Waals surface area contributed by atoms with Crippen LogP contribution in [-0.4, -0.2) is 22.9 Å². The first kappa shape index (κ1) is 12.5. The summed E-state index contributed by atoms with van der Waals surface area (Å²) in [6.45, 7) is 0.446. The van der Waals surface area contributed by atoms with Crippen LogP contribution in [0.25, 0.3) is 0 Å². The molecule has 0 radical (unpaired) electrons. The van der Waals surface area contributed by atoms with Crippen LogP contribution in [0.5, 0.6) is 0 Å². The van der Waals surface area contributed by atoms with Crippen molar-refractivity contribution in [3.05, 3.63) is 29.8 Å². The van der Waals surface area contributed by atoms with Gasteiger partial charge in [0, 0.05) is 10.1 Å². The third-order valence-corrected chi connectivity index (χ3v) is 4.47. The van der Waals surface area contributed by atoms with Gasteiger partial charge in [0.05, 0.1) is 5.92 Å². The van der Waals surface area contributed by atoms with Crippen LogP contribution in [0.3, 0.4) is 0 Å². The van der Waals surface area contributed by atoms with E-state index in [1.807, 2.05) is 12.1 Å². The Bertz CT molecular complexity index is 383. The van der Waals surface area contributed by atoms with E-state index in [9.17, 15) is 4.79 Å². The minimum atomic E-state index is -0.716. The summed E-state index contributed by atoms with van der Waals surface area (Å²) in [7, 11) is 0. The molecular formula is C13H17NO2S. The predicted molar refractivity (Wildman–Crippen MR) is 69.2 cm³/mol. The molecule has 1 aliphatic rings. The summed E-state index contributed by atoms with van der Waals surface area (Å²) < 4.78 is 0. The highest BCUT2D eigenvalue weighted by atomic mass is 32.2. The van der Waals surface area contributed by atoms with Crippen LogP contribution in [0.1, 0.15) is 18.4 Å². The van der Waals surface area contributed by atoms with Crippen LogP contribution in [0, 0.1) is 5.92 Å². The molecule has 0 fully saturated rings. The van der Waals surface area contributed by atoms with Gasteiger partial charge in [-0.3, -0.25) is 4.79 Å². The van der Waals surface area contributed by atoms with Gasteiger partial charge in [0.25, 0.3) is 0 Å². The van der Waals surface area contributed by atoms with Crippen molar-refractivity contribution in [2.75, 3.05) is 6.54 Å². The fourth-order valence-electron chi connectivity index (χ4n) is 2.25. The quantitative estimate of drug-likeness (QED) is 0.841. The first-order valence-electron chi connectivity index (χ1n) is 5.88. The Morgan fingerprint density at radius 3 is 2.94 bits per heavy atom. The predicted octanol–water partition coefficient (Wildman–Crippen LogP) is 2.14. The van der Waals surface area contributed by atoms with Gasteiger partial charge >= 0.3 is 5.97 Å². The SMILES string of the molecule is NCCC(CC1Cc2ccccc2S1)C(=O)O. The van der Waals surface area contributed by atoms with Gasteiger partial charge in [0.15, 0.2) is 0 Å². The number of aliphatic carboxylic acids is 1. The third-order valence-electron chi connectivity index (χ3n) is 3.13. The zero-order valence-corrected chi connectivity index (χ0v) is 10.5. The summed E-state index contributed by atoms with van der Waals surface area (Å²) in [6, 6.07) is 8.30. The average Bonchev–Trinajstić information content (AvgIpc) is 2.70. The van der Waals surface area contributed by atoms with Crippen LogP contribution in [0.2, 0.25) is 0 Å². The molecule has 0 aliphatic carbocycles. The molecule has 92 valence electrons. The molecule has 0 saturated heterocycles. The minimum absolute atomic E-state index is 0.299. The normalized spacial score (nSPS) is 19.9. The highest BCUT2D eigenvalue weighted by Gasteiger charge is 2.27. The smallest absolute Gasteiger partial charge is 0.306 e. The van der Waals surface area contributed by atoms with Gasteiger partial charge < -0.3 is 10.8 Å². The van der Waals surface area contributed by atoms with Crippen molar-refractivity contribution in [1.82, 2.24) is 0 Å². The molecule has 3 N–H and O–H groups in total. The van der Waals surface area contributed by atoms with E-state index in [0.29, 0.717) is 24.6 Å². The van der Waals surface area contributed by atoms with Gasteiger partial charge in [-0.2, -0.15) is 0 Å². The van der Waals surface area contributed by atoms with Gasteiger partial charge in [0.2, 0.25) is 0 Å². The lowest BCUT2D eigenvalue weighted by atomic mass is 9.96. The molecule has 0 amide bonds. The number of thioether (sulfide) groups is 1. The number of carbonyl (C=O) groups is 1. The molecular weight excluding hydrogens is 234 g/mol. The van der Waals surface area contributed by atoms with Crippen molar-refractivity contribution in [3.63, 3.8) is 0 Å². The van der Waals surface area contributed by atoms with E-state index in [1.165, 1.54) is 10.5 Å². The molecule has 2 unspecified atom stereocenters. The van der Waals surface area contributed by atoms with Crippen molar-refractivity contribution >= 4 is 17.7 Å². The van der Waals surface area contributed by atoms with Crippen molar-refractivity contribution < 1.29 is 9.90 Å². The van der Waals surface area contributed by atoms with Gasteiger partial charge in [-0.05, 0) is 37.4 Å². The molecule has 3 nitrogen and oxygen atoms in total.